The van der Waals surface area contributed by atoms with Crippen LogP contribution in [0, 0.1) is 9.39 Å². The number of aromatic nitrogens is 2. The van der Waals surface area contributed by atoms with Gasteiger partial charge in [-0.3, -0.25) is 0 Å². The second-order valence-corrected chi connectivity index (χ2v) is 5.62. The summed E-state index contributed by atoms with van der Waals surface area (Å²) in [5, 5.41) is 0.221. The highest BCUT2D eigenvalue weighted by Crippen LogP contribution is 2.30. The van der Waals surface area contributed by atoms with Crippen molar-refractivity contribution in [3.8, 4) is 11.3 Å². The maximum absolute atomic E-state index is 12.9. The third-order valence-corrected chi connectivity index (χ3v) is 3.75. The maximum Gasteiger partial charge on any atom is 0.223 e. The lowest BCUT2D eigenvalue weighted by Gasteiger charge is -2.11. The number of hydrogen-bond acceptors (Lipinski definition) is 2. The normalized spacial score (nSPS) is 11.0. The molecule has 0 amide bonds. The summed E-state index contributed by atoms with van der Waals surface area (Å²) in [7, 11) is 0. The molecule has 0 saturated carbocycles. The Balaban J connectivity index is 2.60. The summed E-state index contributed by atoms with van der Waals surface area (Å²) < 4.78 is 13.9. The maximum atomic E-state index is 12.9. The second kappa shape index (κ2) is 5.48. The Morgan fingerprint density at radius 3 is 2.33 bits per heavy atom. The summed E-state index contributed by atoms with van der Waals surface area (Å²) in [4.78, 5) is 8.49. The molecule has 0 aliphatic heterocycles. The molecule has 94 valence electrons. The molecule has 2 rings (SSSR count). The van der Waals surface area contributed by atoms with Crippen LogP contribution >= 0.6 is 34.2 Å². The molecule has 5 heteroatoms. The summed E-state index contributed by atoms with van der Waals surface area (Å²) in [5.74, 6) is -0.00501. The standard InChI is InChI=1S/C13H11ClFIN2/c1-7(2)11-10(16)12(18-13(14)17-11)8-3-5-9(15)6-4-8/h3-7H,1-2H3. The molecule has 0 fully saturated rings. The average Bonchev–Trinajstić information content (AvgIpc) is 2.32. The summed E-state index contributed by atoms with van der Waals surface area (Å²) in [6, 6.07) is 6.22. The van der Waals surface area contributed by atoms with Crippen molar-refractivity contribution in [2.24, 2.45) is 0 Å². The lowest BCUT2D eigenvalue weighted by Crippen LogP contribution is -2.02. The van der Waals surface area contributed by atoms with Gasteiger partial charge in [0.1, 0.15) is 5.82 Å². The highest BCUT2D eigenvalue weighted by atomic mass is 127. The molecule has 2 aromatic rings. The first kappa shape index (κ1) is 13.7. The molecule has 0 aliphatic carbocycles. The van der Waals surface area contributed by atoms with Gasteiger partial charge in [-0.15, -0.1) is 0 Å². The molecule has 0 N–H and O–H groups in total. The predicted octanol–water partition coefficient (Wildman–Crippen LogP) is 4.66. The van der Waals surface area contributed by atoms with Crippen LogP contribution in [-0.2, 0) is 0 Å². The zero-order valence-corrected chi connectivity index (χ0v) is 12.8. The molecule has 1 aromatic heterocycles. The Hall–Kier alpha value is -0.750. The van der Waals surface area contributed by atoms with Gasteiger partial charge in [0, 0.05) is 5.56 Å². The van der Waals surface area contributed by atoms with Crippen LogP contribution in [0.3, 0.4) is 0 Å². The molecule has 1 heterocycles. The predicted molar refractivity (Wildman–Crippen MR) is 79.2 cm³/mol. The van der Waals surface area contributed by atoms with E-state index in [4.69, 9.17) is 11.6 Å². The van der Waals surface area contributed by atoms with Crippen molar-refractivity contribution in [2.75, 3.05) is 0 Å². The van der Waals surface area contributed by atoms with Gasteiger partial charge in [0.2, 0.25) is 5.28 Å². The van der Waals surface area contributed by atoms with Crippen molar-refractivity contribution in [3.63, 3.8) is 0 Å². The number of rotatable bonds is 2. The fourth-order valence-corrected chi connectivity index (χ4v) is 2.97. The Morgan fingerprint density at radius 2 is 1.78 bits per heavy atom. The van der Waals surface area contributed by atoms with Crippen molar-refractivity contribution >= 4 is 34.2 Å². The molecular formula is C13H11ClFIN2. The van der Waals surface area contributed by atoms with E-state index >= 15 is 0 Å². The van der Waals surface area contributed by atoms with E-state index in [1.807, 2.05) is 0 Å². The van der Waals surface area contributed by atoms with Gasteiger partial charge < -0.3 is 0 Å². The van der Waals surface area contributed by atoms with Gasteiger partial charge in [-0.25, -0.2) is 14.4 Å². The molecular weight excluding hydrogens is 366 g/mol. The first-order valence-corrected chi connectivity index (χ1v) is 6.93. The fourth-order valence-electron chi connectivity index (χ4n) is 1.62. The monoisotopic (exact) mass is 376 g/mol. The third kappa shape index (κ3) is 2.80. The van der Waals surface area contributed by atoms with E-state index in [0.717, 1.165) is 20.5 Å². The molecule has 2 nitrogen and oxygen atoms in total. The Bertz CT molecular complexity index is 570. The van der Waals surface area contributed by atoms with E-state index < -0.39 is 0 Å². The fraction of sp³-hybridized carbons (Fsp3) is 0.231. The van der Waals surface area contributed by atoms with E-state index in [-0.39, 0.29) is 17.0 Å². The SMILES string of the molecule is CC(C)c1nc(Cl)nc(-c2ccc(F)cc2)c1I. The number of benzene rings is 1. The third-order valence-electron chi connectivity index (χ3n) is 2.51. The van der Waals surface area contributed by atoms with Crippen molar-refractivity contribution in [2.45, 2.75) is 19.8 Å². The van der Waals surface area contributed by atoms with Gasteiger partial charge in [0.15, 0.2) is 0 Å². The molecule has 0 saturated heterocycles. The lowest BCUT2D eigenvalue weighted by atomic mass is 10.1. The van der Waals surface area contributed by atoms with Crippen molar-refractivity contribution in [1.82, 2.24) is 9.97 Å². The summed E-state index contributed by atoms with van der Waals surface area (Å²) in [6.07, 6.45) is 0. The minimum absolute atomic E-state index is 0.221. The van der Waals surface area contributed by atoms with Crippen LogP contribution in [0.5, 0.6) is 0 Å². The van der Waals surface area contributed by atoms with Gasteiger partial charge in [0.25, 0.3) is 0 Å². The first-order valence-electron chi connectivity index (χ1n) is 5.48. The van der Waals surface area contributed by atoms with Crippen LogP contribution < -0.4 is 0 Å². The lowest BCUT2D eigenvalue weighted by molar-refractivity contribution is 0.628. The van der Waals surface area contributed by atoms with E-state index in [0.29, 0.717) is 0 Å². The van der Waals surface area contributed by atoms with Crippen LogP contribution in [-0.4, -0.2) is 9.97 Å². The van der Waals surface area contributed by atoms with Gasteiger partial charge in [-0.05, 0) is 64.4 Å². The molecule has 0 radical (unpaired) electrons. The van der Waals surface area contributed by atoms with Crippen LogP contribution in [0.4, 0.5) is 4.39 Å². The zero-order chi connectivity index (χ0) is 13.3. The van der Waals surface area contributed by atoms with E-state index in [9.17, 15) is 4.39 Å². The molecule has 0 spiro atoms. The quantitative estimate of drug-likeness (QED) is 0.562. The van der Waals surface area contributed by atoms with E-state index in [2.05, 4.69) is 46.4 Å². The number of hydrogen-bond donors (Lipinski definition) is 0. The molecule has 1 aromatic carbocycles. The summed E-state index contributed by atoms with van der Waals surface area (Å²) in [5.41, 5.74) is 2.50. The highest BCUT2D eigenvalue weighted by molar-refractivity contribution is 14.1. The molecule has 0 bridgehead atoms. The van der Waals surface area contributed by atoms with Gasteiger partial charge >= 0.3 is 0 Å². The highest BCUT2D eigenvalue weighted by Gasteiger charge is 2.15. The Labute approximate surface area is 124 Å². The smallest absolute Gasteiger partial charge is 0.222 e. The summed E-state index contributed by atoms with van der Waals surface area (Å²) in [6.45, 7) is 4.10. The topological polar surface area (TPSA) is 25.8 Å². The van der Waals surface area contributed by atoms with Crippen LogP contribution in [0.25, 0.3) is 11.3 Å². The van der Waals surface area contributed by atoms with Crippen LogP contribution in [0.15, 0.2) is 24.3 Å². The number of halogens is 3. The number of nitrogens with zero attached hydrogens (tertiary/aromatic N) is 2. The van der Waals surface area contributed by atoms with Gasteiger partial charge in [0.05, 0.1) is 15.0 Å². The van der Waals surface area contributed by atoms with E-state index in [1.165, 1.54) is 12.1 Å². The molecule has 18 heavy (non-hydrogen) atoms. The van der Waals surface area contributed by atoms with Crippen molar-refractivity contribution < 1.29 is 4.39 Å². The van der Waals surface area contributed by atoms with Crippen molar-refractivity contribution in [3.05, 3.63) is 44.6 Å². The molecule has 0 atom stereocenters. The minimum Gasteiger partial charge on any atom is -0.222 e. The van der Waals surface area contributed by atoms with Crippen molar-refractivity contribution in [1.29, 1.82) is 0 Å². The first-order chi connectivity index (χ1) is 8.49. The summed E-state index contributed by atoms with van der Waals surface area (Å²) >= 11 is 8.16. The minimum atomic E-state index is -0.266. The average molecular weight is 377 g/mol. The zero-order valence-electron chi connectivity index (χ0n) is 9.92. The Kier molecular flexibility index (Phi) is 4.17. The Morgan fingerprint density at radius 1 is 1.17 bits per heavy atom. The van der Waals surface area contributed by atoms with Gasteiger partial charge in [-0.2, -0.15) is 0 Å². The van der Waals surface area contributed by atoms with E-state index in [1.54, 1.807) is 12.1 Å². The molecule has 0 unspecified atom stereocenters. The largest absolute Gasteiger partial charge is 0.223 e. The van der Waals surface area contributed by atoms with Crippen LogP contribution in [0.1, 0.15) is 25.5 Å². The molecule has 0 aliphatic rings. The van der Waals surface area contributed by atoms with Gasteiger partial charge in [-0.1, -0.05) is 13.8 Å². The van der Waals surface area contributed by atoms with Crippen LogP contribution in [0.2, 0.25) is 5.28 Å². The second-order valence-electron chi connectivity index (χ2n) is 4.20.